The Bertz CT molecular complexity index is 4650. The van der Waals surface area contributed by atoms with E-state index in [4.69, 9.17) is 55.2 Å². The van der Waals surface area contributed by atoms with E-state index in [1.54, 1.807) is 48.5 Å². The summed E-state index contributed by atoms with van der Waals surface area (Å²) in [6.45, 7) is 0. The van der Waals surface area contributed by atoms with Crippen LogP contribution in [-0.4, -0.2) is 91.8 Å². The SMILES string of the molecule is O=S(=O)(O)c1c(Nc2nc(Cl)nc(Nc3ccc4[nH]c5c(Cl)c6oc7c(S(=O)(=O)O)c(Nc8nc(Cl)nc(Nc9ccc%10ccccc%10c9S(=O)(=O)O)n8)ccc7[nH]c6c(Cl)c5oc4c3S(=O)(=O)O)n2)ccc2ccccc12. The Morgan fingerprint density at radius 3 is 1.03 bits per heavy atom. The Balaban J connectivity index is 0.975. The second-order valence-electron chi connectivity index (χ2n) is 16.4. The fraction of sp³-hybridized carbons (Fsp3) is 0. The van der Waals surface area contributed by atoms with Crippen LogP contribution in [0.3, 0.4) is 0 Å². The van der Waals surface area contributed by atoms with Gasteiger partial charge in [0.2, 0.25) is 34.4 Å². The van der Waals surface area contributed by atoms with Crippen molar-refractivity contribution in [1.82, 2.24) is 39.9 Å². The Morgan fingerprint density at radius 1 is 0.385 bits per heavy atom. The molecule has 0 radical (unpaired) electrons. The third-order valence-corrected chi connectivity index (χ3v) is 16.3. The van der Waals surface area contributed by atoms with Crippen LogP contribution in [-0.2, 0) is 40.5 Å². The van der Waals surface area contributed by atoms with Crippen LogP contribution in [0.1, 0.15) is 0 Å². The number of aromatic amines is 2. The van der Waals surface area contributed by atoms with E-state index < -0.39 is 105 Å². The summed E-state index contributed by atoms with van der Waals surface area (Å²) in [5.41, 5.74) is -3.52. The van der Waals surface area contributed by atoms with Gasteiger partial charge in [0, 0.05) is 10.8 Å². The summed E-state index contributed by atoms with van der Waals surface area (Å²) in [6.07, 6.45) is 0. The number of aromatic nitrogens is 8. The largest absolute Gasteiger partial charge is 0.450 e. The predicted molar refractivity (Wildman–Crippen MR) is 287 cm³/mol. The second kappa shape index (κ2) is 19.0. The van der Waals surface area contributed by atoms with Crippen molar-refractivity contribution in [2.75, 3.05) is 21.3 Å². The summed E-state index contributed by atoms with van der Waals surface area (Å²) >= 11 is 26.3. The normalized spacial score (nSPS) is 12.5. The van der Waals surface area contributed by atoms with E-state index in [0.29, 0.717) is 10.8 Å². The van der Waals surface area contributed by atoms with E-state index in [-0.39, 0.29) is 77.3 Å². The first-order valence-electron chi connectivity index (χ1n) is 21.4. The molecule has 0 aliphatic rings. The number of H-pyrrole nitrogens is 2. The second-order valence-corrected chi connectivity index (χ2v) is 23.2. The topological polar surface area (TPSA) is 401 Å². The molecule has 0 saturated heterocycles. The molecule has 0 aliphatic heterocycles. The molecule has 0 aliphatic carbocycles. The molecule has 26 nitrogen and oxygen atoms in total. The van der Waals surface area contributed by atoms with E-state index in [1.165, 1.54) is 36.4 Å². The van der Waals surface area contributed by atoms with Gasteiger partial charge in [-0.25, -0.2) is 0 Å². The van der Waals surface area contributed by atoms with Gasteiger partial charge in [-0.15, -0.1) is 0 Å². The van der Waals surface area contributed by atoms with Crippen LogP contribution >= 0.6 is 46.4 Å². The van der Waals surface area contributed by atoms with Crippen molar-refractivity contribution in [2.24, 2.45) is 0 Å². The molecule has 0 atom stereocenters. The molecule has 11 rings (SSSR count). The average molecular weight is 1220 g/mol. The van der Waals surface area contributed by atoms with Crippen LogP contribution in [0, 0.1) is 0 Å². The zero-order valence-electron chi connectivity index (χ0n) is 37.9. The van der Waals surface area contributed by atoms with Crippen LogP contribution in [0.5, 0.6) is 0 Å². The zero-order valence-corrected chi connectivity index (χ0v) is 44.2. The summed E-state index contributed by atoms with van der Waals surface area (Å²) in [4.78, 5) is 27.2. The summed E-state index contributed by atoms with van der Waals surface area (Å²) < 4.78 is 157. The average Bonchev–Trinajstić information content (AvgIpc) is 3.57. The molecule has 4 aromatic heterocycles. The molecule has 0 unspecified atom stereocenters. The maximum absolute atomic E-state index is 13.2. The standard InChI is InChI=1S/C44H26Cl4N12O14S4/c45-27-30-34(74-32-22(50-30)14-16-26(38(32)78(70,71)72)54-44-58-40(48)56-42(60-44)52-24-12-10-18-6-2-4-8-20(18)36(24)76(64,65)66)28(46)29-33(27)73-31-21(49-29)13-15-25(37(31)77(67,68)69)53-43-57-39(47)55-41(59-43)51-23-11-9-17-5-1-3-7-19(17)35(23)75(61,62)63/h1-16,49-50H,(H,61,62,63)(H,64,65,66)(H,67,68,69)(H,70,71,72)(H2,51,53,55,57,59)(H2,52,54,56,58,60). The van der Waals surface area contributed by atoms with Crippen molar-refractivity contribution in [3.8, 4) is 0 Å². The van der Waals surface area contributed by atoms with Crippen molar-refractivity contribution >= 4 is 199 Å². The molecule has 78 heavy (non-hydrogen) atoms. The lowest BCUT2D eigenvalue weighted by atomic mass is 10.1. The highest BCUT2D eigenvalue weighted by atomic mass is 35.5. The lowest BCUT2D eigenvalue weighted by molar-refractivity contribution is 0.480. The number of hydrogen-bond acceptors (Lipinski definition) is 20. The number of anilines is 8. The maximum atomic E-state index is 13.2. The Labute approximate surface area is 455 Å². The summed E-state index contributed by atoms with van der Waals surface area (Å²) in [5.74, 6) is -1.62. The van der Waals surface area contributed by atoms with Crippen LogP contribution in [0.15, 0.2) is 125 Å². The van der Waals surface area contributed by atoms with Gasteiger partial charge in [0.15, 0.2) is 32.1 Å². The molecule has 34 heteroatoms. The van der Waals surface area contributed by atoms with E-state index in [1.807, 2.05) is 0 Å². The third-order valence-electron chi connectivity index (χ3n) is 11.4. The van der Waals surface area contributed by atoms with Gasteiger partial charge in [-0.2, -0.15) is 63.6 Å². The molecule has 0 bridgehead atoms. The quantitative estimate of drug-likeness (QED) is 0.0401. The Morgan fingerprint density at radius 2 is 0.692 bits per heavy atom. The first-order chi connectivity index (χ1) is 36.8. The van der Waals surface area contributed by atoms with Crippen LogP contribution in [0.25, 0.3) is 65.9 Å². The number of benzene rings is 7. The van der Waals surface area contributed by atoms with E-state index in [9.17, 15) is 51.9 Å². The minimum Gasteiger partial charge on any atom is -0.450 e. The number of nitrogens with one attached hydrogen (secondary N) is 6. The summed E-state index contributed by atoms with van der Waals surface area (Å²) in [6, 6.07) is 23.3. The van der Waals surface area contributed by atoms with Gasteiger partial charge < -0.3 is 40.1 Å². The molecule has 0 amide bonds. The third kappa shape index (κ3) is 9.72. The van der Waals surface area contributed by atoms with Gasteiger partial charge in [0.05, 0.1) is 33.8 Å². The van der Waals surface area contributed by atoms with E-state index >= 15 is 0 Å². The molecular formula is C44H26Cl4N12O14S4. The van der Waals surface area contributed by atoms with Crippen molar-refractivity contribution < 1.29 is 60.7 Å². The van der Waals surface area contributed by atoms with Crippen LogP contribution < -0.4 is 21.3 Å². The monoisotopic (exact) mass is 1210 g/mol. The van der Waals surface area contributed by atoms with Gasteiger partial charge in [-0.1, -0.05) is 83.9 Å². The van der Waals surface area contributed by atoms with Gasteiger partial charge >= 0.3 is 0 Å². The smallest absolute Gasteiger partial charge is 0.300 e. The van der Waals surface area contributed by atoms with Crippen molar-refractivity contribution in [1.29, 1.82) is 0 Å². The fourth-order valence-corrected chi connectivity index (χ4v) is 12.6. The van der Waals surface area contributed by atoms with Crippen LogP contribution in [0.4, 0.5) is 46.5 Å². The zero-order chi connectivity index (χ0) is 55.4. The molecule has 0 spiro atoms. The fourth-order valence-electron chi connectivity index (χ4n) is 8.41. The molecule has 11 aromatic rings. The lowest BCUT2D eigenvalue weighted by Crippen LogP contribution is -2.10. The van der Waals surface area contributed by atoms with Gasteiger partial charge in [0.1, 0.15) is 30.9 Å². The van der Waals surface area contributed by atoms with Crippen LogP contribution in [0.2, 0.25) is 20.6 Å². The van der Waals surface area contributed by atoms with Crippen molar-refractivity contribution in [3.63, 3.8) is 0 Å². The Hall–Kier alpha value is -7.72. The number of halogens is 4. The molecular weight excluding hydrogens is 1190 g/mol. The molecule has 10 N–H and O–H groups in total. The van der Waals surface area contributed by atoms with Crippen molar-refractivity contribution in [3.05, 3.63) is 118 Å². The molecule has 4 heterocycles. The number of nitrogens with zero attached hydrogens (tertiary/aromatic N) is 6. The molecule has 7 aromatic carbocycles. The van der Waals surface area contributed by atoms with Gasteiger partial charge in [0.25, 0.3) is 40.5 Å². The first-order valence-corrected chi connectivity index (χ1v) is 28.7. The predicted octanol–water partition coefficient (Wildman–Crippen LogP) is 10.5. The highest BCUT2D eigenvalue weighted by Gasteiger charge is 2.30. The number of rotatable bonds is 12. The lowest BCUT2D eigenvalue weighted by Gasteiger charge is -2.16. The first kappa shape index (κ1) is 52.3. The van der Waals surface area contributed by atoms with E-state index in [0.717, 1.165) is 12.1 Å². The summed E-state index contributed by atoms with van der Waals surface area (Å²) in [7, 11) is -20.2. The highest BCUT2D eigenvalue weighted by molar-refractivity contribution is 7.87. The van der Waals surface area contributed by atoms with Crippen molar-refractivity contribution in [2.45, 2.75) is 19.6 Å². The van der Waals surface area contributed by atoms with Gasteiger partial charge in [-0.05, 0) is 70.4 Å². The number of hydrogen-bond donors (Lipinski definition) is 10. The highest BCUT2D eigenvalue weighted by Crippen LogP contribution is 2.44. The molecule has 0 fully saturated rings. The Kier molecular flexibility index (Phi) is 12.8. The molecule has 398 valence electrons. The number of fused-ring (bicyclic) bond motifs is 6. The summed E-state index contributed by atoms with van der Waals surface area (Å²) in [5, 5.41) is 10.2. The minimum atomic E-state index is -5.27. The van der Waals surface area contributed by atoms with E-state index in [2.05, 4.69) is 61.1 Å². The van der Waals surface area contributed by atoms with Gasteiger partial charge in [-0.3, -0.25) is 18.2 Å². The minimum absolute atomic E-state index is 0.141. The maximum Gasteiger partial charge on any atom is 0.300 e. The molecule has 0 saturated carbocycles.